The van der Waals surface area contributed by atoms with Gasteiger partial charge in [-0.3, -0.25) is 4.98 Å². The fraction of sp³-hybridized carbons (Fsp3) is 0.100. The molecule has 3 nitrogen and oxygen atoms in total. The van der Waals surface area contributed by atoms with E-state index in [1.165, 1.54) is 28.5 Å². The highest BCUT2D eigenvalue weighted by Crippen LogP contribution is 2.47. The highest BCUT2D eigenvalue weighted by molar-refractivity contribution is 5.80. The predicted molar refractivity (Wildman–Crippen MR) is 91.0 cm³/mol. The van der Waals surface area contributed by atoms with E-state index in [2.05, 4.69) is 64.7 Å². The number of aromatic nitrogens is 1. The molecule has 3 aromatic rings. The first-order valence-electron chi connectivity index (χ1n) is 7.67. The summed E-state index contributed by atoms with van der Waals surface area (Å²) in [6, 6.07) is 21.1. The summed E-state index contributed by atoms with van der Waals surface area (Å²) < 4.78 is 0. The lowest BCUT2D eigenvalue weighted by molar-refractivity contribution is 0.321. The van der Waals surface area contributed by atoms with Gasteiger partial charge in [-0.15, -0.1) is 5.16 Å². The van der Waals surface area contributed by atoms with Crippen molar-refractivity contribution in [2.24, 2.45) is 5.16 Å². The summed E-state index contributed by atoms with van der Waals surface area (Å²) in [6.07, 6.45) is 3.93. The topological polar surface area (TPSA) is 45.5 Å². The molecule has 23 heavy (non-hydrogen) atoms. The van der Waals surface area contributed by atoms with Crippen molar-refractivity contribution in [3.8, 4) is 11.1 Å². The fourth-order valence-corrected chi connectivity index (χ4v) is 3.40. The van der Waals surface area contributed by atoms with E-state index in [9.17, 15) is 0 Å². The van der Waals surface area contributed by atoms with E-state index >= 15 is 0 Å². The molecule has 1 aliphatic carbocycles. The van der Waals surface area contributed by atoms with Gasteiger partial charge in [0.25, 0.3) is 0 Å². The number of nitrogens with zero attached hydrogens (tertiary/aromatic N) is 2. The summed E-state index contributed by atoms with van der Waals surface area (Å²) >= 11 is 0. The normalized spacial score (nSPS) is 13.2. The van der Waals surface area contributed by atoms with Crippen molar-refractivity contribution in [3.05, 3.63) is 89.2 Å². The number of benzene rings is 2. The van der Waals surface area contributed by atoms with Crippen LogP contribution in [-0.4, -0.2) is 16.4 Å². The lowest BCUT2D eigenvalue weighted by Crippen LogP contribution is -2.03. The van der Waals surface area contributed by atoms with Crippen molar-refractivity contribution >= 4 is 6.21 Å². The Bertz CT molecular complexity index is 841. The Morgan fingerprint density at radius 3 is 2.26 bits per heavy atom. The highest BCUT2D eigenvalue weighted by atomic mass is 16.4. The molecule has 0 saturated heterocycles. The van der Waals surface area contributed by atoms with Crippen LogP contribution in [0.2, 0.25) is 0 Å². The average Bonchev–Trinajstić information content (AvgIpc) is 2.95. The molecule has 0 unspecified atom stereocenters. The molecule has 0 atom stereocenters. The minimum absolute atomic E-state index is 0.161. The maximum absolute atomic E-state index is 8.62. The molecular formula is C20H16N2O. The molecule has 0 radical (unpaired) electrons. The first-order chi connectivity index (χ1) is 11.4. The zero-order valence-corrected chi connectivity index (χ0v) is 12.6. The van der Waals surface area contributed by atoms with E-state index in [4.69, 9.17) is 5.21 Å². The number of fused-ring (bicyclic) bond motifs is 3. The molecule has 0 spiro atoms. The van der Waals surface area contributed by atoms with E-state index in [0.29, 0.717) is 6.42 Å². The van der Waals surface area contributed by atoms with Gasteiger partial charge in [0.05, 0.1) is 11.6 Å². The van der Waals surface area contributed by atoms with Crippen LogP contribution in [0.4, 0.5) is 0 Å². The first-order valence-corrected chi connectivity index (χ1v) is 7.67. The van der Waals surface area contributed by atoms with Gasteiger partial charge in [0.15, 0.2) is 0 Å². The molecular weight excluding hydrogens is 284 g/mol. The molecule has 1 heterocycles. The first kappa shape index (κ1) is 13.7. The van der Waals surface area contributed by atoms with Crippen molar-refractivity contribution < 1.29 is 5.21 Å². The van der Waals surface area contributed by atoms with Crippen LogP contribution >= 0.6 is 0 Å². The van der Waals surface area contributed by atoms with Crippen LogP contribution in [0, 0.1) is 0 Å². The van der Waals surface area contributed by atoms with Crippen molar-refractivity contribution in [2.45, 2.75) is 12.3 Å². The van der Waals surface area contributed by atoms with Gasteiger partial charge in [-0.25, -0.2) is 0 Å². The molecule has 1 N–H and O–H groups in total. The SMILES string of the molecule is ON=CCc1ccnc(C2c3ccccc3-c3ccccc32)c1. The largest absolute Gasteiger partial charge is 0.411 e. The predicted octanol–water partition coefficient (Wildman–Crippen LogP) is 4.24. The molecule has 3 heteroatoms. The van der Waals surface area contributed by atoms with Crippen molar-refractivity contribution in [2.75, 3.05) is 0 Å². The van der Waals surface area contributed by atoms with Crippen LogP contribution in [0.5, 0.6) is 0 Å². The van der Waals surface area contributed by atoms with E-state index in [1.807, 2.05) is 12.3 Å². The summed E-state index contributed by atoms with van der Waals surface area (Å²) in [5.74, 6) is 0.161. The highest BCUT2D eigenvalue weighted by Gasteiger charge is 2.30. The lowest BCUT2D eigenvalue weighted by Gasteiger charge is -2.14. The van der Waals surface area contributed by atoms with Gasteiger partial charge in [-0.05, 0) is 39.9 Å². The number of rotatable bonds is 3. The molecule has 0 aliphatic heterocycles. The van der Waals surface area contributed by atoms with Gasteiger partial charge in [0, 0.05) is 18.8 Å². The maximum Gasteiger partial charge on any atom is 0.0525 e. The molecule has 0 fully saturated rings. The van der Waals surface area contributed by atoms with Gasteiger partial charge in [-0.1, -0.05) is 48.5 Å². The second-order valence-electron chi connectivity index (χ2n) is 5.70. The second-order valence-corrected chi connectivity index (χ2v) is 5.70. The van der Waals surface area contributed by atoms with E-state index in [0.717, 1.165) is 11.3 Å². The Balaban J connectivity index is 1.86. The molecule has 4 rings (SSSR count). The fourth-order valence-electron chi connectivity index (χ4n) is 3.40. The van der Waals surface area contributed by atoms with Crippen molar-refractivity contribution in [1.29, 1.82) is 0 Å². The van der Waals surface area contributed by atoms with E-state index in [1.54, 1.807) is 0 Å². The van der Waals surface area contributed by atoms with Gasteiger partial charge in [0.1, 0.15) is 0 Å². The number of hydrogen-bond donors (Lipinski definition) is 1. The summed E-state index contributed by atoms with van der Waals surface area (Å²) in [5, 5.41) is 11.7. The standard InChI is InChI=1S/C20H16N2O/c23-22-12-10-14-9-11-21-19(13-14)20-17-7-3-1-5-15(17)16-6-2-4-8-18(16)20/h1-9,11-13,20,23H,10H2. The Morgan fingerprint density at radius 2 is 1.61 bits per heavy atom. The zero-order chi connectivity index (χ0) is 15.6. The molecule has 0 saturated carbocycles. The van der Waals surface area contributed by atoms with E-state index < -0.39 is 0 Å². The summed E-state index contributed by atoms with van der Waals surface area (Å²) in [6.45, 7) is 0. The smallest absolute Gasteiger partial charge is 0.0525 e. The van der Waals surface area contributed by atoms with Crippen LogP contribution in [0.1, 0.15) is 28.3 Å². The van der Waals surface area contributed by atoms with Crippen molar-refractivity contribution in [1.82, 2.24) is 4.98 Å². The third kappa shape index (κ3) is 2.30. The van der Waals surface area contributed by atoms with Gasteiger partial charge < -0.3 is 5.21 Å². The lowest BCUT2D eigenvalue weighted by atomic mass is 9.92. The number of pyridine rings is 1. The molecule has 1 aromatic heterocycles. The van der Waals surface area contributed by atoms with Crippen LogP contribution in [-0.2, 0) is 6.42 Å². The maximum atomic E-state index is 8.62. The molecule has 112 valence electrons. The third-order valence-electron chi connectivity index (χ3n) is 4.38. The molecule has 2 aromatic carbocycles. The minimum atomic E-state index is 0.161. The minimum Gasteiger partial charge on any atom is -0.411 e. The molecule has 0 bridgehead atoms. The Hall–Kier alpha value is -2.94. The quantitative estimate of drug-likeness (QED) is 0.349. The Morgan fingerprint density at radius 1 is 0.957 bits per heavy atom. The summed E-state index contributed by atoms with van der Waals surface area (Å²) in [7, 11) is 0. The van der Waals surface area contributed by atoms with Gasteiger partial charge in [0.2, 0.25) is 0 Å². The summed E-state index contributed by atoms with van der Waals surface area (Å²) in [5.41, 5.74) is 7.30. The monoisotopic (exact) mass is 300 g/mol. The number of hydrogen-bond acceptors (Lipinski definition) is 3. The molecule has 1 aliphatic rings. The zero-order valence-electron chi connectivity index (χ0n) is 12.6. The Kier molecular flexibility index (Phi) is 3.39. The summed E-state index contributed by atoms with van der Waals surface area (Å²) in [4.78, 5) is 4.62. The van der Waals surface area contributed by atoms with Crippen LogP contribution in [0.25, 0.3) is 11.1 Å². The number of oxime groups is 1. The van der Waals surface area contributed by atoms with E-state index in [-0.39, 0.29) is 5.92 Å². The third-order valence-corrected chi connectivity index (χ3v) is 4.38. The van der Waals surface area contributed by atoms with Crippen molar-refractivity contribution in [3.63, 3.8) is 0 Å². The second kappa shape index (κ2) is 5.69. The average molecular weight is 300 g/mol. The Labute approximate surface area is 134 Å². The van der Waals surface area contributed by atoms with Crippen LogP contribution < -0.4 is 0 Å². The van der Waals surface area contributed by atoms with Crippen LogP contribution in [0.3, 0.4) is 0 Å². The van der Waals surface area contributed by atoms with Crippen LogP contribution in [0.15, 0.2) is 72.0 Å². The molecule has 0 amide bonds. The van der Waals surface area contributed by atoms with Gasteiger partial charge in [-0.2, -0.15) is 0 Å². The van der Waals surface area contributed by atoms with Gasteiger partial charge >= 0.3 is 0 Å².